The molecule has 0 unspecified atom stereocenters. The molecule has 26 heavy (non-hydrogen) atoms. The predicted molar refractivity (Wildman–Crippen MR) is 109 cm³/mol. The molecule has 0 saturated carbocycles. The summed E-state index contributed by atoms with van der Waals surface area (Å²) in [6.45, 7) is 0. The molecule has 0 aliphatic heterocycles. The number of fused-ring (bicyclic) bond motifs is 1. The molecule has 0 radical (unpaired) electrons. The lowest BCUT2D eigenvalue weighted by Crippen LogP contribution is -2.02. The van der Waals surface area contributed by atoms with Crippen molar-refractivity contribution in [3.8, 4) is 11.3 Å². The molecular formula is C20H12Cl2N2OS. The molecule has 0 fully saturated rings. The van der Waals surface area contributed by atoms with Gasteiger partial charge in [0.05, 0.1) is 16.4 Å². The lowest BCUT2D eigenvalue weighted by molar-refractivity contribution is 0.104. The van der Waals surface area contributed by atoms with E-state index in [9.17, 15) is 4.79 Å². The van der Waals surface area contributed by atoms with Crippen molar-refractivity contribution in [2.45, 2.75) is 0 Å². The lowest BCUT2D eigenvalue weighted by atomic mass is 10.1. The van der Waals surface area contributed by atoms with Crippen molar-refractivity contribution in [2.75, 3.05) is 5.73 Å². The van der Waals surface area contributed by atoms with Gasteiger partial charge in [-0.1, -0.05) is 53.5 Å². The summed E-state index contributed by atoms with van der Waals surface area (Å²) in [6.07, 6.45) is 0. The molecule has 0 aliphatic rings. The van der Waals surface area contributed by atoms with E-state index >= 15 is 0 Å². The highest BCUT2D eigenvalue weighted by Crippen LogP contribution is 2.36. The van der Waals surface area contributed by atoms with Crippen LogP contribution in [-0.4, -0.2) is 10.8 Å². The molecule has 3 nitrogen and oxygen atoms in total. The third-order valence-corrected chi connectivity index (χ3v) is 5.71. The van der Waals surface area contributed by atoms with Crippen LogP contribution in [0.5, 0.6) is 0 Å². The summed E-state index contributed by atoms with van der Waals surface area (Å²) in [4.78, 5) is 18.7. The van der Waals surface area contributed by atoms with E-state index < -0.39 is 0 Å². The SMILES string of the molecule is Nc1c(C(=O)c2ccc(Cl)cc2Cl)sc2nc(-c3ccccc3)ccc12. The van der Waals surface area contributed by atoms with Gasteiger partial charge in [0.25, 0.3) is 0 Å². The predicted octanol–water partition coefficient (Wildman–Crippen LogP) is 6.08. The van der Waals surface area contributed by atoms with Gasteiger partial charge >= 0.3 is 0 Å². The number of anilines is 1. The number of carbonyl (C=O) groups excluding carboxylic acids is 1. The lowest BCUT2D eigenvalue weighted by Gasteiger charge is -2.03. The van der Waals surface area contributed by atoms with Gasteiger partial charge in [-0.15, -0.1) is 11.3 Å². The fourth-order valence-corrected chi connectivity index (χ4v) is 4.27. The first-order valence-electron chi connectivity index (χ1n) is 7.79. The van der Waals surface area contributed by atoms with Gasteiger partial charge in [-0.2, -0.15) is 0 Å². The number of ketones is 1. The molecule has 0 bridgehead atoms. The molecule has 6 heteroatoms. The Morgan fingerprint density at radius 3 is 2.50 bits per heavy atom. The van der Waals surface area contributed by atoms with Gasteiger partial charge in [-0.3, -0.25) is 4.79 Å². The molecule has 0 aliphatic carbocycles. The molecule has 0 atom stereocenters. The molecule has 4 aromatic rings. The van der Waals surface area contributed by atoms with Crippen LogP contribution in [0.1, 0.15) is 15.2 Å². The smallest absolute Gasteiger partial charge is 0.206 e. The molecule has 0 spiro atoms. The number of hydrogen-bond donors (Lipinski definition) is 1. The van der Waals surface area contributed by atoms with Crippen LogP contribution < -0.4 is 5.73 Å². The summed E-state index contributed by atoms with van der Waals surface area (Å²) in [5.74, 6) is -0.228. The zero-order valence-corrected chi connectivity index (χ0v) is 15.7. The highest BCUT2D eigenvalue weighted by molar-refractivity contribution is 7.21. The minimum absolute atomic E-state index is 0.228. The number of nitrogens with two attached hydrogens (primary N) is 1. The van der Waals surface area contributed by atoms with Gasteiger partial charge in [0.15, 0.2) is 0 Å². The van der Waals surface area contributed by atoms with Crippen LogP contribution in [0.2, 0.25) is 10.0 Å². The molecule has 2 aromatic carbocycles. The summed E-state index contributed by atoms with van der Waals surface area (Å²) in [5.41, 5.74) is 8.87. The number of nitrogen functional groups attached to an aromatic ring is 1. The normalized spacial score (nSPS) is 11.0. The monoisotopic (exact) mass is 398 g/mol. The van der Waals surface area contributed by atoms with Crippen molar-refractivity contribution in [1.82, 2.24) is 4.98 Å². The summed E-state index contributed by atoms with van der Waals surface area (Å²) >= 11 is 13.4. The second-order valence-electron chi connectivity index (χ2n) is 5.71. The number of halogens is 2. The Hall–Kier alpha value is -2.40. The molecule has 4 rings (SSSR count). The Morgan fingerprint density at radius 1 is 1.00 bits per heavy atom. The number of carbonyl (C=O) groups is 1. The fourth-order valence-electron chi connectivity index (χ4n) is 2.73. The Labute approximate surface area is 164 Å². The van der Waals surface area contributed by atoms with Crippen LogP contribution >= 0.6 is 34.5 Å². The van der Waals surface area contributed by atoms with Crippen molar-refractivity contribution < 1.29 is 4.79 Å². The van der Waals surface area contributed by atoms with Crippen molar-refractivity contribution in [2.24, 2.45) is 0 Å². The van der Waals surface area contributed by atoms with Crippen molar-refractivity contribution in [3.63, 3.8) is 0 Å². The number of pyridine rings is 1. The molecule has 2 N–H and O–H groups in total. The second-order valence-corrected chi connectivity index (χ2v) is 7.56. The van der Waals surface area contributed by atoms with Gasteiger partial charge in [-0.05, 0) is 30.3 Å². The minimum atomic E-state index is -0.228. The first kappa shape index (κ1) is 17.0. The summed E-state index contributed by atoms with van der Waals surface area (Å²) in [6, 6.07) is 18.5. The van der Waals surface area contributed by atoms with Crippen LogP contribution in [0, 0.1) is 0 Å². The van der Waals surface area contributed by atoms with Crippen LogP contribution in [0.4, 0.5) is 5.69 Å². The van der Waals surface area contributed by atoms with Crippen molar-refractivity contribution in [3.05, 3.63) is 81.1 Å². The molecule has 128 valence electrons. The maximum absolute atomic E-state index is 12.9. The topological polar surface area (TPSA) is 56.0 Å². The molecule has 0 saturated heterocycles. The van der Waals surface area contributed by atoms with Gasteiger partial charge in [0.2, 0.25) is 5.78 Å². The minimum Gasteiger partial charge on any atom is -0.397 e. The number of hydrogen-bond acceptors (Lipinski definition) is 4. The quantitative estimate of drug-likeness (QED) is 0.425. The second kappa shape index (κ2) is 6.72. The Kier molecular flexibility index (Phi) is 4.41. The van der Waals surface area contributed by atoms with Crippen molar-refractivity contribution >= 4 is 56.2 Å². The zero-order valence-electron chi connectivity index (χ0n) is 13.4. The first-order valence-corrected chi connectivity index (χ1v) is 9.36. The molecule has 2 heterocycles. The third kappa shape index (κ3) is 2.97. The van der Waals surface area contributed by atoms with E-state index in [4.69, 9.17) is 28.9 Å². The number of aromatic nitrogens is 1. The maximum atomic E-state index is 12.9. The Bertz CT molecular complexity index is 1140. The van der Waals surface area contributed by atoms with E-state index in [1.165, 1.54) is 11.3 Å². The number of thiophene rings is 1. The molecule has 2 aromatic heterocycles. The third-order valence-electron chi connectivity index (χ3n) is 4.05. The van der Waals surface area contributed by atoms with Gasteiger partial charge in [0, 0.05) is 21.5 Å². The maximum Gasteiger partial charge on any atom is 0.206 e. The van der Waals surface area contributed by atoms with E-state index in [1.54, 1.807) is 18.2 Å². The summed E-state index contributed by atoms with van der Waals surface area (Å²) in [5, 5.41) is 1.55. The molecule has 0 amide bonds. The average molecular weight is 399 g/mol. The van der Waals surface area contributed by atoms with Gasteiger partial charge < -0.3 is 5.73 Å². The van der Waals surface area contributed by atoms with Crippen LogP contribution in [0.3, 0.4) is 0 Å². The summed E-state index contributed by atoms with van der Waals surface area (Å²) in [7, 11) is 0. The average Bonchev–Trinajstić information content (AvgIpc) is 2.98. The van der Waals surface area contributed by atoms with Crippen LogP contribution in [0.25, 0.3) is 21.5 Å². The van der Waals surface area contributed by atoms with Crippen LogP contribution in [0.15, 0.2) is 60.7 Å². The number of benzene rings is 2. The largest absolute Gasteiger partial charge is 0.397 e. The number of nitrogens with zero attached hydrogens (tertiary/aromatic N) is 1. The number of rotatable bonds is 3. The van der Waals surface area contributed by atoms with Gasteiger partial charge in [0.1, 0.15) is 9.71 Å². The van der Waals surface area contributed by atoms with Crippen LogP contribution in [-0.2, 0) is 0 Å². The standard InChI is InChI=1S/C20H12Cl2N2OS/c21-12-6-7-13(15(22)10-12)18(25)19-17(23)14-8-9-16(24-20(14)26-19)11-4-2-1-3-5-11/h1-10H,23H2. The van der Waals surface area contributed by atoms with E-state index in [0.717, 1.165) is 21.5 Å². The fraction of sp³-hybridized carbons (Fsp3) is 0. The van der Waals surface area contributed by atoms with E-state index in [2.05, 4.69) is 4.98 Å². The Morgan fingerprint density at radius 2 is 1.77 bits per heavy atom. The van der Waals surface area contributed by atoms with Gasteiger partial charge in [-0.25, -0.2) is 4.98 Å². The highest BCUT2D eigenvalue weighted by atomic mass is 35.5. The van der Waals surface area contributed by atoms with E-state index in [0.29, 0.717) is 26.2 Å². The Balaban J connectivity index is 1.81. The summed E-state index contributed by atoms with van der Waals surface area (Å²) < 4.78 is 0. The first-order chi connectivity index (χ1) is 12.5. The molecular weight excluding hydrogens is 387 g/mol. The van der Waals surface area contributed by atoms with E-state index in [1.807, 2.05) is 42.5 Å². The van der Waals surface area contributed by atoms with E-state index in [-0.39, 0.29) is 5.78 Å². The highest BCUT2D eigenvalue weighted by Gasteiger charge is 2.21. The zero-order chi connectivity index (χ0) is 18.3. The van der Waals surface area contributed by atoms with Crippen molar-refractivity contribution in [1.29, 1.82) is 0 Å².